The molecule has 1 radical (unpaired) electrons. The second-order valence-electron chi connectivity index (χ2n) is 2.88. The average Bonchev–Trinajstić information content (AvgIpc) is 1.87. The minimum absolute atomic E-state index is 0. The van der Waals surface area contributed by atoms with Crippen molar-refractivity contribution in [2.45, 2.75) is 38.8 Å². The molecule has 0 fully saturated rings. The van der Waals surface area contributed by atoms with Gasteiger partial charge in [-0.1, -0.05) is 26.7 Å². The zero-order chi connectivity index (χ0) is 9.98. The van der Waals surface area contributed by atoms with Gasteiger partial charge in [0.1, 0.15) is 0 Å². The van der Waals surface area contributed by atoms with Gasteiger partial charge in [-0.2, -0.15) is 13.1 Å². The van der Waals surface area contributed by atoms with E-state index in [4.69, 9.17) is 22.9 Å². The largest absolute Gasteiger partial charge is 2.00 e. The predicted octanol–water partition coefficient (Wildman–Crippen LogP) is 3.74. The minimum Gasteiger partial charge on any atom is -0.677 e. The van der Waals surface area contributed by atoms with Crippen molar-refractivity contribution in [2.75, 3.05) is 13.1 Å². The summed E-state index contributed by atoms with van der Waals surface area (Å²) in [4.78, 5) is 0. The molecule has 85 valence electrons. The van der Waals surface area contributed by atoms with Crippen LogP contribution in [-0.2, 0) is 17.1 Å². The maximum atomic E-state index is 6.86. The Hall–Kier alpha value is 0.359. The third-order valence-electron chi connectivity index (χ3n) is 1.15. The molecule has 0 rings (SSSR count). The van der Waals surface area contributed by atoms with E-state index in [1.165, 1.54) is 0 Å². The summed E-state index contributed by atoms with van der Waals surface area (Å²) in [5.74, 6) is 0. The maximum absolute atomic E-state index is 6.86. The fraction of sp³-hybridized carbons (Fsp3) is 1.00. The zero-order valence-electron chi connectivity index (χ0n) is 8.28. The summed E-state index contributed by atoms with van der Waals surface area (Å²) >= 11 is 0. The van der Waals surface area contributed by atoms with E-state index in [9.17, 15) is 0 Å². The van der Waals surface area contributed by atoms with Gasteiger partial charge in [-0.25, -0.2) is 0 Å². The normalized spacial score (nSPS) is 13.4. The SMILES string of the molecule is CC([NH-])CC[NH-].CC([NH-])CC[NH-].[Cu+2]. The fourth-order valence-electron chi connectivity index (χ4n) is 0.433. The summed E-state index contributed by atoms with van der Waals surface area (Å²) in [5.41, 5.74) is 26.9. The molecule has 0 aromatic carbocycles. The molecule has 0 bridgehead atoms. The Labute approximate surface area is 92.3 Å². The minimum atomic E-state index is -0.0394. The van der Waals surface area contributed by atoms with E-state index in [-0.39, 0.29) is 29.2 Å². The molecule has 13 heavy (non-hydrogen) atoms. The molecule has 0 aromatic rings. The average molecular weight is 236 g/mol. The van der Waals surface area contributed by atoms with Crippen LogP contribution < -0.4 is 0 Å². The molecule has 2 unspecified atom stereocenters. The number of hydrogen-bond acceptors (Lipinski definition) is 0. The number of hydrogen-bond donors (Lipinski definition) is 0. The van der Waals surface area contributed by atoms with Gasteiger partial charge in [0, 0.05) is 0 Å². The van der Waals surface area contributed by atoms with Gasteiger partial charge in [-0.15, -0.1) is 12.1 Å². The van der Waals surface area contributed by atoms with Crippen molar-refractivity contribution >= 4 is 0 Å². The first kappa shape index (κ1) is 19.0. The van der Waals surface area contributed by atoms with Crippen molar-refractivity contribution in [3.63, 3.8) is 0 Å². The number of nitrogens with one attached hydrogen (secondary N) is 4. The Balaban J connectivity index is -0.000000143. The molecule has 0 saturated carbocycles. The van der Waals surface area contributed by atoms with E-state index < -0.39 is 0 Å². The monoisotopic (exact) mass is 235 g/mol. The summed E-state index contributed by atoms with van der Waals surface area (Å²) in [6.07, 6.45) is 1.42. The molecule has 0 aliphatic carbocycles. The quantitative estimate of drug-likeness (QED) is 0.664. The third kappa shape index (κ3) is 32.8. The Kier molecular flexibility index (Phi) is 21.7. The van der Waals surface area contributed by atoms with Gasteiger partial charge < -0.3 is 22.9 Å². The standard InChI is InChI=1S/2C4H10N2.Cu/c2*1-4(6)2-3-5;/h2*4-6H,2-3H2,1H3;/q2*-2;+2. The van der Waals surface area contributed by atoms with E-state index in [0.717, 1.165) is 0 Å². The van der Waals surface area contributed by atoms with Crippen LogP contribution in [0.15, 0.2) is 0 Å². The van der Waals surface area contributed by atoms with Crippen LogP contribution in [0.2, 0.25) is 0 Å². The molecule has 0 aliphatic rings. The van der Waals surface area contributed by atoms with E-state index in [1.807, 2.05) is 0 Å². The van der Waals surface area contributed by atoms with Crippen LogP contribution in [0.1, 0.15) is 26.7 Å². The van der Waals surface area contributed by atoms with Crippen LogP contribution >= 0.6 is 0 Å². The summed E-state index contributed by atoms with van der Waals surface area (Å²) in [7, 11) is 0. The van der Waals surface area contributed by atoms with Crippen LogP contribution in [0.3, 0.4) is 0 Å². The predicted molar refractivity (Wildman–Crippen MR) is 55.2 cm³/mol. The van der Waals surface area contributed by atoms with Gasteiger partial charge in [0.2, 0.25) is 0 Å². The molecule has 0 spiro atoms. The summed E-state index contributed by atoms with van der Waals surface area (Å²) in [6.45, 7) is 4.39. The third-order valence-corrected chi connectivity index (χ3v) is 1.15. The van der Waals surface area contributed by atoms with Crippen LogP contribution in [0.5, 0.6) is 0 Å². The van der Waals surface area contributed by atoms with E-state index in [1.54, 1.807) is 13.8 Å². The van der Waals surface area contributed by atoms with Crippen LogP contribution in [-0.4, -0.2) is 25.2 Å². The first-order valence-electron chi connectivity index (χ1n) is 4.26. The Morgan fingerprint density at radius 2 is 1.08 bits per heavy atom. The second-order valence-corrected chi connectivity index (χ2v) is 2.88. The first-order valence-corrected chi connectivity index (χ1v) is 4.26. The maximum Gasteiger partial charge on any atom is 2.00 e. The van der Waals surface area contributed by atoms with Crippen molar-refractivity contribution in [1.29, 1.82) is 0 Å². The first-order chi connectivity index (χ1) is 5.54. The zero-order valence-corrected chi connectivity index (χ0v) is 9.23. The molecule has 2 atom stereocenters. The van der Waals surface area contributed by atoms with Crippen molar-refractivity contribution in [2.24, 2.45) is 0 Å². The molecular weight excluding hydrogens is 216 g/mol. The molecule has 4 N–H and O–H groups in total. The molecule has 0 saturated heterocycles. The molecule has 5 heteroatoms. The Morgan fingerprint density at radius 1 is 0.846 bits per heavy atom. The van der Waals surface area contributed by atoms with E-state index in [2.05, 4.69) is 0 Å². The smallest absolute Gasteiger partial charge is 0.677 e. The summed E-state index contributed by atoms with van der Waals surface area (Å²) in [5, 5.41) is 0. The van der Waals surface area contributed by atoms with Gasteiger partial charge in [0.25, 0.3) is 0 Å². The molecule has 0 aromatic heterocycles. The molecule has 0 aliphatic heterocycles. The summed E-state index contributed by atoms with van der Waals surface area (Å²) in [6, 6.07) is -0.0787. The van der Waals surface area contributed by atoms with Crippen molar-refractivity contribution in [1.82, 2.24) is 0 Å². The van der Waals surface area contributed by atoms with Crippen molar-refractivity contribution < 1.29 is 17.1 Å². The molecular formula is C8H20CuN4-2. The van der Waals surface area contributed by atoms with Crippen molar-refractivity contribution in [3.8, 4) is 0 Å². The van der Waals surface area contributed by atoms with E-state index >= 15 is 0 Å². The van der Waals surface area contributed by atoms with Crippen molar-refractivity contribution in [3.05, 3.63) is 22.9 Å². The van der Waals surface area contributed by atoms with Gasteiger partial charge >= 0.3 is 17.1 Å². The van der Waals surface area contributed by atoms with Gasteiger partial charge in [0.05, 0.1) is 0 Å². The molecule has 0 amide bonds. The van der Waals surface area contributed by atoms with E-state index in [0.29, 0.717) is 25.9 Å². The Bertz CT molecular complexity index is 68.5. The molecule has 0 heterocycles. The van der Waals surface area contributed by atoms with Crippen LogP contribution in [0.4, 0.5) is 0 Å². The summed E-state index contributed by atoms with van der Waals surface area (Å²) < 4.78 is 0. The van der Waals surface area contributed by atoms with Gasteiger partial charge in [-0.3, -0.25) is 0 Å². The Morgan fingerprint density at radius 3 is 1.08 bits per heavy atom. The van der Waals surface area contributed by atoms with Crippen LogP contribution in [0.25, 0.3) is 22.9 Å². The molecule has 4 nitrogen and oxygen atoms in total. The topological polar surface area (TPSA) is 95.2 Å². The van der Waals surface area contributed by atoms with Gasteiger partial charge in [-0.05, 0) is 0 Å². The second kappa shape index (κ2) is 14.9. The fourth-order valence-corrected chi connectivity index (χ4v) is 0.433. The number of rotatable bonds is 4. The van der Waals surface area contributed by atoms with Gasteiger partial charge in [0.15, 0.2) is 0 Å². The van der Waals surface area contributed by atoms with Crippen LogP contribution in [0, 0.1) is 0 Å².